The van der Waals surface area contributed by atoms with E-state index in [0.717, 1.165) is 48.1 Å². The van der Waals surface area contributed by atoms with Gasteiger partial charge in [-0.1, -0.05) is 12.1 Å². The van der Waals surface area contributed by atoms with E-state index in [0.29, 0.717) is 5.92 Å². The Morgan fingerprint density at radius 3 is 2.96 bits per heavy atom. The van der Waals surface area contributed by atoms with Gasteiger partial charge in [0.25, 0.3) is 0 Å². The van der Waals surface area contributed by atoms with Crippen LogP contribution < -0.4 is 4.74 Å². The largest absolute Gasteiger partial charge is 0.481 e. The lowest BCUT2D eigenvalue weighted by Gasteiger charge is -2.31. The van der Waals surface area contributed by atoms with Crippen molar-refractivity contribution in [3.8, 4) is 5.88 Å². The number of methoxy groups -OCH3 is 1. The number of hydrogen-bond donors (Lipinski definition) is 1. The first-order valence-electron chi connectivity index (χ1n) is 8.89. The summed E-state index contributed by atoms with van der Waals surface area (Å²) in [6.07, 6.45) is 2.36. The molecule has 1 fully saturated rings. The Hall–Kier alpha value is -2.34. The van der Waals surface area contributed by atoms with E-state index in [9.17, 15) is 0 Å². The summed E-state index contributed by atoms with van der Waals surface area (Å²) in [5, 5.41) is 4.50. The highest BCUT2D eigenvalue weighted by molar-refractivity contribution is 5.74. The molecular weight excluding hydrogens is 314 g/mol. The predicted molar refractivity (Wildman–Crippen MR) is 97.8 cm³/mol. The van der Waals surface area contributed by atoms with E-state index in [2.05, 4.69) is 40.1 Å². The Morgan fingerprint density at radius 1 is 1.32 bits per heavy atom. The van der Waals surface area contributed by atoms with Gasteiger partial charge in [-0.25, -0.2) is 9.67 Å². The molecule has 0 spiro atoms. The molecule has 0 bridgehead atoms. The molecule has 1 aliphatic rings. The van der Waals surface area contributed by atoms with Crippen LogP contribution in [0.4, 0.5) is 0 Å². The molecule has 0 amide bonds. The van der Waals surface area contributed by atoms with Gasteiger partial charge in [0.05, 0.1) is 29.4 Å². The minimum Gasteiger partial charge on any atom is -0.481 e. The lowest BCUT2D eigenvalue weighted by atomic mass is 9.97. The van der Waals surface area contributed by atoms with Crippen LogP contribution in [-0.2, 0) is 13.6 Å². The van der Waals surface area contributed by atoms with E-state index in [-0.39, 0.29) is 0 Å². The number of aryl methyl sites for hydroxylation is 2. The third kappa shape index (κ3) is 3.02. The molecule has 1 N–H and O–H groups in total. The molecule has 4 rings (SSSR count). The zero-order valence-corrected chi connectivity index (χ0v) is 15.1. The van der Waals surface area contributed by atoms with E-state index in [1.54, 1.807) is 7.11 Å². The zero-order chi connectivity index (χ0) is 17.4. The monoisotopic (exact) mass is 339 g/mol. The quantitative estimate of drug-likeness (QED) is 0.794. The smallest absolute Gasteiger partial charge is 0.216 e. The summed E-state index contributed by atoms with van der Waals surface area (Å²) in [5.41, 5.74) is 4.42. The molecule has 1 aliphatic heterocycles. The fourth-order valence-corrected chi connectivity index (χ4v) is 3.93. The normalized spacial score (nSPS) is 18.8. The number of benzene rings is 1. The van der Waals surface area contributed by atoms with Crippen molar-refractivity contribution in [3.05, 3.63) is 41.3 Å². The molecular formula is C19H25N5O. The number of hydrogen-bond acceptors (Lipinski definition) is 4. The number of aromatic nitrogens is 4. The van der Waals surface area contributed by atoms with Crippen molar-refractivity contribution >= 4 is 11.0 Å². The van der Waals surface area contributed by atoms with Crippen LogP contribution in [0.5, 0.6) is 5.88 Å². The number of aromatic amines is 1. The number of ether oxygens (including phenoxy) is 1. The van der Waals surface area contributed by atoms with Gasteiger partial charge in [-0.2, -0.15) is 5.10 Å². The summed E-state index contributed by atoms with van der Waals surface area (Å²) in [5.74, 6) is 2.42. The Bertz CT molecular complexity index is 848. The van der Waals surface area contributed by atoms with Crippen molar-refractivity contribution in [2.24, 2.45) is 7.05 Å². The number of nitrogens with one attached hydrogen (secondary N) is 1. The second-order valence-corrected chi connectivity index (χ2v) is 6.91. The molecule has 0 unspecified atom stereocenters. The van der Waals surface area contributed by atoms with Crippen LogP contribution in [0.1, 0.15) is 35.8 Å². The zero-order valence-electron chi connectivity index (χ0n) is 15.1. The summed E-state index contributed by atoms with van der Waals surface area (Å²) in [4.78, 5) is 10.8. The third-order valence-electron chi connectivity index (χ3n) is 5.16. The number of rotatable bonds is 4. The van der Waals surface area contributed by atoms with Crippen molar-refractivity contribution in [3.63, 3.8) is 0 Å². The van der Waals surface area contributed by atoms with Crippen molar-refractivity contribution in [1.82, 2.24) is 24.6 Å². The highest BCUT2D eigenvalue weighted by atomic mass is 16.5. The van der Waals surface area contributed by atoms with E-state index in [4.69, 9.17) is 9.72 Å². The minimum absolute atomic E-state index is 0.448. The van der Waals surface area contributed by atoms with Gasteiger partial charge < -0.3 is 9.72 Å². The van der Waals surface area contributed by atoms with Gasteiger partial charge in [0.2, 0.25) is 5.88 Å². The maximum atomic E-state index is 5.55. The molecule has 132 valence electrons. The molecule has 0 aliphatic carbocycles. The average Bonchev–Trinajstić information content (AvgIpc) is 3.16. The van der Waals surface area contributed by atoms with Gasteiger partial charge in [0.1, 0.15) is 5.82 Å². The summed E-state index contributed by atoms with van der Waals surface area (Å²) in [6.45, 7) is 5.05. The second-order valence-electron chi connectivity index (χ2n) is 6.91. The number of imidazole rings is 1. The Morgan fingerprint density at radius 2 is 2.16 bits per heavy atom. The lowest BCUT2D eigenvalue weighted by molar-refractivity contribution is 0.194. The first kappa shape index (κ1) is 16.1. The highest BCUT2D eigenvalue weighted by Gasteiger charge is 2.26. The second kappa shape index (κ2) is 6.52. The minimum atomic E-state index is 0.448. The Kier molecular flexibility index (Phi) is 4.21. The summed E-state index contributed by atoms with van der Waals surface area (Å²) in [6, 6.07) is 8.25. The summed E-state index contributed by atoms with van der Waals surface area (Å²) < 4.78 is 7.37. The Labute approximate surface area is 147 Å². The number of fused-ring (bicyclic) bond motifs is 1. The third-order valence-corrected chi connectivity index (χ3v) is 5.16. The number of H-pyrrole nitrogens is 1. The van der Waals surface area contributed by atoms with Crippen molar-refractivity contribution < 1.29 is 4.74 Å². The molecule has 0 radical (unpaired) electrons. The van der Waals surface area contributed by atoms with E-state index in [1.165, 1.54) is 18.4 Å². The lowest BCUT2D eigenvalue weighted by Crippen LogP contribution is -2.34. The summed E-state index contributed by atoms with van der Waals surface area (Å²) in [7, 11) is 3.65. The van der Waals surface area contributed by atoms with E-state index < -0.39 is 0 Å². The summed E-state index contributed by atoms with van der Waals surface area (Å²) >= 11 is 0. The number of likely N-dealkylation sites (tertiary alicyclic amines) is 1. The van der Waals surface area contributed by atoms with Crippen molar-refractivity contribution in [2.45, 2.75) is 32.2 Å². The molecule has 0 saturated carbocycles. The van der Waals surface area contributed by atoms with E-state index in [1.807, 2.05) is 17.8 Å². The van der Waals surface area contributed by atoms with Crippen LogP contribution in [0.25, 0.3) is 11.0 Å². The van der Waals surface area contributed by atoms with Crippen LogP contribution in [0.2, 0.25) is 0 Å². The van der Waals surface area contributed by atoms with Crippen LogP contribution in [0.15, 0.2) is 24.3 Å². The molecule has 1 aromatic carbocycles. The molecule has 1 saturated heterocycles. The number of nitrogens with zero attached hydrogens (tertiary/aromatic N) is 4. The van der Waals surface area contributed by atoms with Gasteiger partial charge in [-0.05, 0) is 38.4 Å². The standard InChI is InChI=1S/C19H25N5O/c1-13-15(19(25-3)23(2)22-13)12-24-10-6-7-14(11-24)18-20-16-8-4-5-9-17(16)21-18/h4-5,8-9,14H,6-7,10-12H2,1-3H3,(H,20,21)/t14-/m0/s1. The fraction of sp³-hybridized carbons (Fsp3) is 0.474. The first-order chi connectivity index (χ1) is 12.2. The highest BCUT2D eigenvalue weighted by Crippen LogP contribution is 2.29. The predicted octanol–water partition coefficient (Wildman–Crippen LogP) is 2.99. The Balaban J connectivity index is 1.53. The van der Waals surface area contributed by atoms with Crippen LogP contribution >= 0.6 is 0 Å². The maximum Gasteiger partial charge on any atom is 0.216 e. The molecule has 25 heavy (non-hydrogen) atoms. The topological polar surface area (TPSA) is 59.0 Å². The van der Waals surface area contributed by atoms with Crippen molar-refractivity contribution in [1.29, 1.82) is 0 Å². The van der Waals surface area contributed by atoms with Gasteiger partial charge in [-0.15, -0.1) is 0 Å². The van der Waals surface area contributed by atoms with Crippen LogP contribution in [0, 0.1) is 6.92 Å². The molecule has 3 heterocycles. The molecule has 3 aromatic rings. The van der Waals surface area contributed by atoms with Gasteiger partial charge in [0, 0.05) is 26.1 Å². The van der Waals surface area contributed by atoms with Crippen molar-refractivity contribution in [2.75, 3.05) is 20.2 Å². The van der Waals surface area contributed by atoms with Gasteiger partial charge in [-0.3, -0.25) is 4.90 Å². The maximum absolute atomic E-state index is 5.55. The van der Waals surface area contributed by atoms with Crippen LogP contribution in [-0.4, -0.2) is 44.8 Å². The molecule has 6 heteroatoms. The molecule has 2 aromatic heterocycles. The average molecular weight is 339 g/mol. The van der Waals surface area contributed by atoms with Gasteiger partial charge in [0.15, 0.2) is 0 Å². The molecule has 6 nitrogen and oxygen atoms in total. The van der Waals surface area contributed by atoms with E-state index >= 15 is 0 Å². The number of para-hydroxylation sites is 2. The van der Waals surface area contributed by atoms with Gasteiger partial charge >= 0.3 is 0 Å². The van der Waals surface area contributed by atoms with Crippen LogP contribution in [0.3, 0.4) is 0 Å². The fourth-order valence-electron chi connectivity index (χ4n) is 3.93. The number of piperidine rings is 1. The first-order valence-corrected chi connectivity index (χ1v) is 8.89. The molecule has 1 atom stereocenters. The SMILES string of the molecule is COc1c(CN2CCC[C@H](c3nc4ccccc4[nH]3)C2)c(C)nn1C.